The second-order valence-electron chi connectivity index (χ2n) is 12.8. The van der Waals surface area contributed by atoms with Crippen molar-refractivity contribution >= 4 is 18.3 Å². The van der Waals surface area contributed by atoms with Crippen molar-refractivity contribution < 1.29 is 0 Å². The lowest BCUT2D eigenvalue weighted by Gasteiger charge is -2.29. The highest BCUT2D eigenvalue weighted by molar-refractivity contribution is 7.82. The fourth-order valence-corrected chi connectivity index (χ4v) is 11.3. The van der Waals surface area contributed by atoms with Crippen LogP contribution >= 0.6 is 7.26 Å². The average Bonchev–Trinajstić information content (AvgIpc) is 2.98. The molecule has 0 saturated heterocycles. The standard InChI is InChI=1S/C38H73NP/c1-6-11-16-18-20-22-24-26-32-39(33-27-25-23-21-19-17-12-7-2)37-28-30-38(31-29-37)40(34-13-8-3,35-14-9-4)36-15-10-5/h28-31H,6-27,32-36H2,1-5H3/q+1. The van der Waals surface area contributed by atoms with E-state index in [2.05, 4.69) is 63.8 Å². The minimum absolute atomic E-state index is 1.05. The Balaban J connectivity index is 2.84. The summed E-state index contributed by atoms with van der Waals surface area (Å²) in [6.45, 7) is 14.3. The maximum Gasteiger partial charge on any atom is 0.0940 e. The molecule has 2 heteroatoms. The SMILES string of the molecule is CCCCCCCCCCN(CCCCCCCCCC)c1ccc([P+](CCCC)(CCCC)CCCC)cc1. The van der Waals surface area contributed by atoms with Gasteiger partial charge < -0.3 is 4.90 Å². The van der Waals surface area contributed by atoms with Crippen LogP contribution in [-0.2, 0) is 0 Å². The lowest BCUT2D eigenvalue weighted by atomic mass is 10.1. The molecule has 0 unspecified atom stereocenters. The molecule has 1 rings (SSSR count). The highest BCUT2D eigenvalue weighted by Gasteiger charge is 2.38. The monoisotopic (exact) mass is 575 g/mol. The first-order chi connectivity index (χ1) is 19.7. The number of hydrogen-bond acceptors (Lipinski definition) is 1. The highest BCUT2D eigenvalue weighted by atomic mass is 31.2. The topological polar surface area (TPSA) is 3.24 Å². The van der Waals surface area contributed by atoms with Crippen molar-refractivity contribution in [3.63, 3.8) is 0 Å². The van der Waals surface area contributed by atoms with E-state index >= 15 is 0 Å². The Morgan fingerprint density at radius 3 is 1.07 bits per heavy atom. The molecule has 0 aromatic heterocycles. The zero-order valence-corrected chi connectivity index (χ0v) is 29.2. The molecule has 0 heterocycles. The molecule has 1 nitrogen and oxygen atoms in total. The van der Waals surface area contributed by atoms with Gasteiger partial charge in [0.15, 0.2) is 0 Å². The Morgan fingerprint density at radius 1 is 0.400 bits per heavy atom. The molecule has 1 aromatic carbocycles. The lowest BCUT2D eigenvalue weighted by Crippen LogP contribution is -2.27. The minimum atomic E-state index is -1.05. The van der Waals surface area contributed by atoms with Crippen molar-refractivity contribution in [3.05, 3.63) is 24.3 Å². The van der Waals surface area contributed by atoms with Gasteiger partial charge in [-0.2, -0.15) is 0 Å². The number of nitrogens with zero attached hydrogens (tertiary/aromatic N) is 1. The third-order valence-electron chi connectivity index (χ3n) is 9.14. The van der Waals surface area contributed by atoms with Crippen molar-refractivity contribution in [3.8, 4) is 0 Å². The summed E-state index contributed by atoms with van der Waals surface area (Å²) in [5, 5.41) is 1.74. The Labute approximate surface area is 254 Å². The molecule has 0 atom stereocenters. The molecular weight excluding hydrogens is 501 g/mol. The maximum atomic E-state index is 2.75. The summed E-state index contributed by atoms with van der Waals surface area (Å²) < 4.78 is 0. The molecule has 0 bridgehead atoms. The van der Waals surface area contributed by atoms with Gasteiger partial charge in [-0.1, -0.05) is 144 Å². The van der Waals surface area contributed by atoms with Gasteiger partial charge in [-0.25, -0.2) is 0 Å². The maximum absolute atomic E-state index is 2.75. The van der Waals surface area contributed by atoms with Gasteiger partial charge in [-0.15, -0.1) is 0 Å². The van der Waals surface area contributed by atoms with Crippen molar-refractivity contribution in [1.82, 2.24) is 0 Å². The first-order valence-corrected chi connectivity index (χ1v) is 20.7. The van der Waals surface area contributed by atoms with Crippen LogP contribution in [0.4, 0.5) is 5.69 Å². The highest BCUT2D eigenvalue weighted by Crippen LogP contribution is 2.59. The van der Waals surface area contributed by atoms with E-state index in [0.29, 0.717) is 0 Å². The average molecular weight is 575 g/mol. The molecule has 0 aliphatic rings. The zero-order chi connectivity index (χ0) is 29.2. The number of rotatable bonds is 29. The van der Waals surface area contributed by atoms with E-state index in [0.717, 1.165) is 0 Å². The number of anilines is 1. The first kappa shape index (κ1) is 37.5. The Morgan fingerprint density at radius 2 is 0.725 bits per heavy atom. The van der Waals surface area contributed by atoms with Crippen molar-refractivity contribution in [1.29, 1.82) is 0 Å². The Hall–Kier alpha value is -0.550. The van der Waals surface area contributed by atoms with Gasteiger partial charge in [0, 0.05) is 26.0 Å². The molecule has 0 N–H and O–H groups in total. The third-order valence-corrected chi connectivity index (χ3v) is 14.1. The van der Waals surface area contributed by atoms with E-state index in [9.17, 15) is 0 Å². The van der Waals surface area contributed by atoms with Gasteiger partial charge in [-0.3, -0.25) is 0 Å². The van der Waals surface area contributed by atoms with E-state index in [1.54, 1.807) is 5.30 Å². The van der Waals surface area contributed by atoms with E-state index in [4.69, 9.17) is 0 Å². The van der Waals surface area contributed by atoms with Crippen LogP contribution in [0.1, 0.15) is 176 Å². The zero-order valence-electron chi connectivity index (χ0n) is 28.3. The predicted octanol–water partition coefficient (Wildman–Crippen LogP) is 12.8. The van der Waals surface area contributed by atoms with E-state index < -0.39 is 7.26 Å². The van der Waals surface area contributed by atoms with Crippen LogP contribution in [0.5, 0.6) is 0 Å². The van der Waals surface area contributed by atoms with Crippen LogP contribution in [0.15, 0.2) is 24.3 Å². The number of hydrogen-bond donors (Lipinski definition) is 0. The summed E-state index contributed by atoms with van der Waals surface area (Å²) in [4.78, 5) is 2.75. The fraction of sp³-hybridized carbons (Fsp3) is 0.842. The number of benzene rings is 1. The molecule has 0 aliphatic carbocycles. The van der Waals surface area contributed by atoms with Crippen LogP contribution in [0.25, 0.3) is 0 Å². The third kappa shape index (κ3) is 16.8. The van der Waals surface area contributed by atoms with Gasteiger partial charge in [-0.05, 0) is 56.4 Å². The Bertz CT molecular complexity index is 612. The Kier molecular flexibility index (Phi) is 24.5. The summed E-state index contributed by atoms with van der Waals surface area (Å²) in [5.74, 6) is 0. The van der Waals surface area contributed by atoms with Crippen LogP contribution in [0, 0.1) is 0 Å². The summed E-state index contributed by atoms with van der Waals surface area (Å²) in [7, 11) is -1.05. The van der Waals surface area contributed by atoms with Crippen LogP contribution in [0.3, 0.4) is 0 Å². The quantitative estimate of drug-likeness (QED) is 0.0679. The normalized spacial score (nSPS) is 11.8. The summed E-state index contributed by atoms with van der Waals surface area (Å²) >= 11 is 0. The largest absolute Gasteiger partial charge is 0.372 e. The van der Waals surface area contributed by atoms with Crippen LogP contribution in [-0.4, -0.2) is 31.6 Å². The lowest BCUT2D eigenvalue weighted by molar-refractivity contribution is 0.555. The number of unbranched alkanes of at least 4 members (excludes halogenated alkanes) is 17. The molecular formula is C38H73NP+. The fourth-order valence-electron chi connectivity index (χ4n) is 6.33. The molecule has 0 amide bonds. The molecule has 40 heavy (non-hydrogen) atoms. The van der Waals surface area contributed by atoms with Gasteiger partial charge >= 0.3 is 0 Å². The molecule has 0 aliphatic heterocycles. The van der Waals surface area contributed by atoms with Gasteiger partial charge in [0.25, 0.3) is 0 Å². The first-order valence-electron chi connectivity index (χ1n) is 18.4. The molecule has 1 aromatic rings. The van der Waals surface area contributed by atoms with Gasteiger partial charge in [0.05, 0.1) is 23.8 Å². The summed E-state index contributed by atoms with van der Waals surface area (Å²) in [6, 6.07) is 10.3. The van der Waals surface area contributed by atoms with E-state index in [-0.39, 0.29) is 0 Å². The second-order valence-corrected chi connectivity index (χ2v) is 17.0. The van der Waals surface area contributed by atoms with Gasteiger partial charge in [0.2, 0.25) is 0 Å². The van der Waals surface area contributed by atoms with Crippen molar-refractivity contribution in [2.45, 2.75) is 176 Å². The van der Waals surface area contributed by atoms with Gasteiger partial charge in [0.1, 0.15) is 0 Å². The van der Waals surface area contributed by atoms with Crippen LogP contribution in [0.2, 0.25) is 0 Å². The smallest absolute Gasteiger partial charge is 0.0940 e. The van der Waals surface area contributed by atoms with E-state index in [1.165, 1.54) is 179 Å². The van der Waals surface area contributed by atoms with Crippen molar-refractivity contribution in [2.24, 2.45) is 0 Å². The minimum Gasteiger partial charge on any atom is -0.372 e. The summed E-state index contributed by atoms with van der Waals surface area (Å²) in [6.07, 6.45) is 35.2. The van der Waals surface area contributed by atoms with Crippen LogP contribution < -0.4 is 10.2 Å². The molecule has 234 valence electrons. The molecule has 0 radical (unpaired) electrons. The molecule has 0 saturated carbocycles. The predicted molar refractivity (Wildman–Crippen MR) is 190 cm³/mol. The summed E-state index contributed by atoms with van der Waals surface area (Å²) in [5.41, 5.74) is 1.49. The van der Waals surface area contributed by atoms with E-state index in [1.807, 2.05) is 0 Å². The van der Waals surface area contributed by atoms with Crippen molar-refractivity contribution in [2.75, 3.05) is 36.5 Å². The second kappa shape index (κ2) is 26.1. The molecule has 0 spiro atoms. The molecule has 0 fully saturated rings.